The SMILES string of the molecule is N=C(N)c1sc(-c2ccncc2)nc1C1CC1. The van der Waals surface area contributed by atoms with Gasteiger partial charge in [0.05, 0.1) is 10.6 Å². The Morgan fingerprint density at radius 2 is 2.06 bits per heavy atom. The van der Waals surface area contributed by atoms with E-state index in [-0.39, 0.29) is 5.84 Å². The number of nitrogens with zero attached hydrogens (tertiary/aromatic N) is 2. The smallest absolute Gasteiger partial charge is 0.135 e. The van der Waals surface area contributed by atoms with Gasteiger partial charge in [-0.3, -0.25) is 10.4 Å². The van der Waals surface area contributed by atoms with Gasteiger partial charge >= 0.3 is 0 Å². The molecule has 17 heavy (non-hydrogen) atoms. The Morgan fingerprint density at radius 1 is 1.35 bits per heavy atom. The Bertz CT molecular complexity index is 557. The molecule has 1 aliphatic rings. The van der Waals surface area contributed by atoms with Crippen LogP contribution < -0.4 is 5.73 Å². The summed E-state index contributed by atoms with van der Waals surface area (Å²) in [6.07, 6.45) is 5.83. The zero-order valence-corrected chi connectivity index (χ0v) is 10.00. The fraction of sp³-hybridized carbons (Fsp3) is 0.250. The van der Waals surface area contributed by atoms with E-state index in [1.807, 2.05) is 12.1 Å². The maximum atomic E-state index is 7.61. The molecular formula is C12H12N4S. The lowest BCUT2D eigenvalue weighted by atomic mass is 10.2. The molecule has 0 unspecified atom stereocenters. The van der Waals surface area contributed by atoms with Crippen molar-refractivity contribution in [1.29, 1.82) is 5.41 Å². The van der Waals surface area contributed by atoms with Gasteiger partial charge in [-0.15, -0.1) is 11.3 Å². The van der Waals surface area contributed by atoms with Gasteiger partial charge in [0.15, 0.2) is 0 Å². The molecular weight excluding hydrogens is 232 g/mol. The maximum absolute atomic E-state index is 7.61. The average Bonchev–Trinajstić information content (AvgIpc) is 3.09. The molecule has 0 aliphatic heterocycles. The van der Waals surface area contributed by atoms with Crippen LogP contribution in [0.25, 0.3) is 10.6 Å². The van der Waals surface area contributed by atoms with E-state index in [9.17, 15) is 0 Å². The van der Waals surface area contributed by atoms with Crippen LogP contribution in [0, 0.1) is 5.41 Å². The highest BCUT2D eigenvalue weighted by Crippen LogP contribution is 2.43. The van der Waals surface area contributed by atoms with Crippen LogP contribution in [0.15, 0.2) is 24.5 Å². The van der Waals surface area contributed by atoms with Gasteiger partial charge in [0.25, 0.3) is 0 Å². The molecule has 0 atom stereocenters. The minimum atomic E-state index is 0.129. The molecule has 1 saturated carbocycles. The summed E-state index contributed by atoms with van der Waals surface area (Å²) < 4.78 is 0. The van der Waals surface area contributed by atoms with E-state index in [1.54, 1.807) is 12.4 Å². The summed E-state index contributed by atoms with van der Waals surface area (Å²) in [6.45, 7) is 0. The van der Waals surface area contributed by atoms with Crippen molar-refractivity contribution in [3.05, 3.63) is 35.1 Å². The van der Waals surface area contributed by atoms with E-state index in [0.29, 0.717) is 5.92 Å². The van der Waals surface area contributed by atoms with Gasteiger partial charge in [-0.1, -0.05) is 0 Å². The van der Waals surface area contributed by atoms with Gasteiger partial charge in [0, 0.05) is 23.9 Å². The molecule has 0 aromatic carbocycles. The summed E-state index contributed by atoms with van der Waals surface area (Å²) in [6, 6.07) is 3.86. The number of rotatable bonds is 3. The van der Waals surface area contributed by atoms with Gasteiger partial charge in [-0.25, -0.2) is 4.98 Å². The number of pyridine rings is 1. The fourth-order valence-corrected chi connectivity index (χ4v) is 2.79. The van der Waals surface area contributed by atoms with Crippen molar-refractivity contribution >= 4 is 17.2 Å². The van der Waals surface area contributed by atoms with Crippen molar-refractivity contribution < 1.29 is 0 Å². The molecule has 0 amide bonds. The van der Waals surface area contributed by atoms with E-state index >= 15 is 0 Å². The largest absolute Gasteiger partial charge is 0.383 e. The highest BCUT2D eigenvalue weighted by atomic mass is 32.1. The molecule has 3 N–H and O–H groups in total. The summed E-state index contributed by atoms with van der Waals surface area (Å²) in [4.78, 5) is 9.46. The third-order valence-electron chi connectivity index (χ3n) is 2.79. The topological polar surface area (TPSA) is 75.7 Å². The van der Waals surface area contributed by atoms with Crippen molar-refractivity contribution in [3.63, 3.8) is 0 Å². The lowest BCUT2D eigenvalue weighted by Crippen LogP contribution is -2.11. The number of nitrogen functional groups attached to an aromatic ring is 1. The molecule has 2 aromatic heterocycles. The molecule has 2 aromatic rings. The predicted molar refractivity (Wildman–Crippen MR) is 68.3 cm³/mol. The van der Waals surface area contributed by atoms with Crippen LogP contribution in [0.4, 0.5) is 0 Å². The first-order chi connectivity index (χ1) is 8.25. The van der Waals surface area contributed by atoms with Crippen LogP contribution in [0.3, 0.4) is 0 Å². The van der Waals surface area contributed by atoms with Crippen molar-refractivity contribution in [2.24, 2.45) is 5.73 Å². The Hall–Kier alpha value is -1.75. The van der Waals surface area contributed by atoms with Crippen LogP contribution in [0.5, 0.6) is 0 Å². The molecule has 3 rings (SSSR count). The van der Waals surface area contributed by atoms with E-state index < -0.39 is 0 Å². The molecule has 2 heterocycles. The third kappa shape index (κ3) is 1.93. The number of amidine groups is 1. The first-order valence-corrected chi connectivity index (χ1v) is 6.33. The number of aromatic nitrogens is 2. The van der Waals surface area contributed by atoms with Crippen molar-refractivity contribution in [2.45, 2.75) is 18.8 Å². The van der Waals surface area contributed by atoms with E-state index in [4.69, 9.17) is 11.1 Å². The zero-order chi connectivity index (χ0) is 11.8. The second-order valence-corrected chi connectivity index (χ2v) is 5.16. The standard InChI is InChI=1S/C12H12N4S/c13-11(14)10-9(7-1-2-7)16-12(17-10)8-3-5-15-6-4-8/h3-7H,1-2H2,(H3,13,14). The summed E-state index contributed by atoms with van der Waals surface area (Å²) in [7, 11) is 0. The summed E-state index contributed by atoms with van der Waals surface area (Å²) >= 11 is 1.50. The quantitative estimate of drug-likeness (QED) is 0.643. The zero-order valence-electron chi connectivity index (χ0n) is 9.18. The molecule has 0 saturated heterocycles. The van der Waals surface area contributed by atoms with Crippen LogP contribution in [-0.4, -0.2) is 15.8 Å². The number of hydrogen-bond acceptors (Lipinski definition) is 4. The lowest BCUT2D eigenvalue weighted by Gasteiger charge is -1.95. The van der Waals surface area contributed by atoms with Gasteiger partial charge in [0.1, 0.15) is 10.8 Å². The summed E-state index contributed by atoms with van der Waals surface area (Å²) in [5, 5.41) is 8.54. The third-order valence-corrected chi connectivity index (χ3v) is 3.94. The monoisotopic (exact) mass is 244 g/mol. The number of nitrogens with one attached hydrogen (secondary N) is 1. The molecule has 0 bridgehead atoms. The summed E-state index contributed by atoms with van der Waals surface area (Å²) in [5.74, 6) is 0.644. The number of hydrogen-bond donors (Lipinski definition) is 2. The maximum Gasteiger partial charge on any atom is 0.135 e. The molecule has 86 valence electrons. The summed E-state index contributed by atoms with van der Waals surface area (Å²) in [5.41, 5.74) is 7.66. The van der Waals surface area contributed by atoms with E-state index in [1.165, 1.54) is 24.2 Å². The van der Waals surface area contributed by atoms with E-state index in [0.717, 1.165) is 21.1 Å². The molecule has 1 aliphatic carbocycles. The molecule has 5 heteroatoms. The first-order valence-electron chi connectivity index (χ1n) is 5.51. The first kappa shape index (κ1) is 10.4. The van der Waals surface area contributed by atoms with Gasteiger partial charge in [0.2, 0.25) is 0 Å². The van der Waals surface area contributed by atoms with E-state index in [2.05, 4.69) is 9.97 Å². The van der Waals surface area contributed by atoms with Gasteiger partial charge < -0.3 is 5.73 Å². The minimum Gasteiger partial charge on any atom is -0.383 e. The van der Waals surface area contributed by atoms with Gasteiger partial charge in [-0.05, 0) is 25.0 Å². The van der Waals surface area contributed by atoms with Crippen molar-refractivity contribution in [3.8, 4) is 10.6 Å². The Balaban J connectivity index is 2.07. The Labute approximate surface area is 103 Å². The highest BCUT2D eigenvalue weighted by molar-refractivity contribution is 7.17. The second kappa shape index (κ2) is 3.92. The Kier molecular flexibility index (Phi) is 2.40. The van der Waals surface area contributed by atoms with Crippen molar-refractivity contribution in [1.82, 2.24) is 9.97 Å². The molecule has 0 radical (unpaired) electrons. The van der Waals surface area contributed by atoms with Crippen LogP contribution in [0.2, 0.25) is 0 Å². The fourth-order valence-electron chi connectivity index (χ4n) is 1.78. The van der Waals surface area contributed by atoms with Gasteiger partial charge in [-0.2, -0.15) is 0 Å². The number of nitrogens with two attached hydrogens (primary N) is 1. The van der Waals surface area contributed by atoms with Crippen LogP contribution in [-0.2, 0) is 0 Å². The molecule has 4 nitrogen and oxygen atoms in total. The minimum absolute atomic E-state index is 0.129. The second-order valence-electron chi connectivity index (χ2n) is 4.16. The van der Waals surface area contributed by atoms with Crippen LogP contribution in [0.1, 0.15) is 29.3 Å². The predicted octanol–water partition coefficient (Wildman–Crippen LogP) is 2.37. The lowest BCUT2D eigenvalue weighted by molar-refractivity contribution is 1.05. The average molecular weight is 244 g/mol. The highest BCUT2D eigenvalue weighted by Gasteiger charge is 2.30. The van der Waals surface area contributed by atoms with Crippen LogP contribution >= 0.6 is 11.3 Å². The Morgan fingerprint density at radius 3 is 2.65 bits per heavy atom. The molecule has 0 spiro atoms. The van der Waals surface area contributed by atoms with Crippen molar-refractivity contribution in [2.75, 3.05) is 0 Å². The molecule has 1 fully saturated rings. The normalized spacial score (nSPS) is 14.8. The number of thiazole rings is 1.